The van der Waals surface area contributed by atoms with E-state index in [0.717, 1.165) is 17.5 Å². The molecule has 3 atom stereocenters. The zero-order valence-electron chi connectivity index (χ0n) is 22.3. The van der Waals surface area contributed by atoms with E-state index in [1.807, 2.05) is 6.92 Å². The summed E-state index contributed by atoms with van der Waals surface area (Å²) in [5.74, 6) is -1.74. The summed E-state index contributed by atoms with van der Waals surface area (Å²) >= 11 is 0. The van der Waals surface area contributed by atoms with Crippen molar-refractivity contribution in [3.8, 4) is 11.4 Å². The van der Waals surface area contributed by atoms with Gasteiger partial charge < -0.3 is 21.5 Å². The minimum Gasteiger partial charge on any atom is -0.508 e. The molecule has 1 heterocycles. The van der Waals surface area contributed by atoms with Gasteiger partial charge in [0.2, 0.25) is 0 Å². The maximum Gasteiger partial charge on any atom is 0.435 e. The number of rotatable bonds is 9. The van der Waals surface area contributed by atoms with E-state index < -0.39 is 35.3 Å². The highest BCUT2D eigenvalue weighted by molar-refractivity contribution is 5.95. The van der Waals surface area contributed by atoms with Gasteiger partial charge in [0.15, 0.2) is 5.69 Å². The Hall–Kier alpha value is -3.96. The number of phenolic OH excluding ortho intramolecular Hbond substituents is 1. The number of hydrogen-bond acceptors (Lipinski definition) is 5. The van der Waals surface area contributed by atoms with Gasteiger partial charge in [0, 0.05) is 30.1 Å². The highest BCUT2D eigenvalue weighted by atomic mass is 19.4. The number of phenols is 1. The molecule has 0 radical (unpaired) electrons. The number of nitrogens with two attached hydrogens (primary N) is 1. The van der Waals surface area contributed by atoms with Crippen LogP contribution in [0.25, 0.3) is 5.69 Å². The van der Waals surface area contributed by atoms with E-state index >= 15 is 4.39 Å². The monoisotopic (exact) mass is 569 g/mol. The average Bonchev–Trinajstić information content (AvgIpc) is 3.65. The predicted octanol–water partition coefficient (Wildman–Crippen LogP) is 5.53. The van der Waals surface area contributed by atoms with Crippen molar-refractivity contribution in [3.05, 3.63) is 101 Å². The smallest absolute Gasteiger partial charge is 0.435 e. The lowest BCUT2D eigenvalue weighted by Crippen LogP contribution is -2.35. The van der Waals surface area contributed by atoms with E-state index in [1.54, 1.807) is 42.5 Å². The number of allylic oxidation sites excluding steroid dienone is 2. The number of carbonyl (C=O) groups is 1. The highest BCUT2D eigenvalue weighted by Gasteiger charge is 2.37. The van der Waals surface area contributed by atoms with E-state index in [9.17, 15) is 23.1 Å². The quantitative estimate of drug-likeness (QED) is 0.254. The fourth-order valence-corrected chi connectivity index (χ4v) is 5.06. The van der Waals surface area contributed by atoms with Crippen molar-refractivity contribution in [1.29, 1.82) is 0 Å². The first-order valence-electron chi connectivity index (χ1n) is 13.4. The molecule has 2 aliphatic carbocycles. The van der Waals surface area contributed by atoms with Crippen LogP contribution >= 0.6 is 0 Å². The van der Waals surface area contributed by atoms with Crippen LogP contribution in [0.2, 0.25) is 0 Å². The van der Waals surface area contributed by atoms with Crippen LogP contribution in [0.4, 0.5) is 17.6 Å². The first-order valence-corrected chi connectivity index (χ1v) is 13.4. The molecule has 0 spiro atoms. The Morgan fingerprint density at radius 3 is 2.59 bits per heavy atom. The third-order valence-corrected chi connectivity index (χ3v) is 7.48. The van der Waals surface area contributed by atoms with Crippen LogP contribution in [-0.2, 0) is 12.7 Å². The molecule has 11 heteroatoms. The van der Waals surface area contributed by atoms with Gasteiger partial charge in [-0.1, -0.05) is 43.3 Å². The summed E-state index contributed by atoms with van der Waals surface area (Å²) in [5.41, 5.74) is 5.32. The van der Waals surface area contributed by atoms with Crippen LogP contribution in [-0.4, -0.2) is 27.3 Å². The number of amides is 1. The van der Waals surface area contributed by atoms with Gasteiger partial charge in [-0.25, -0.2) is 9.07 Å². The van der Waals surface area contributed by atoms with Gasteiger partial charge in [0.25, 0.3) is 5.91 Å². The molecule has 41 heavy (non-hydrogen) atoms. The fourth-order valence-electron chi connectivity index (χ4n) is 5.06. The molecule has 216 valence electrons. The normalized spacial score (nSPS) is 19.9. The van der Waals surface area contributed by atoms with Gasteiger partial charge in [-0.3, -0.25) is 4.79 Å². The summed E-state index contributed by atoms with van der Waals surface area (Å²) in [4.78, 5) is 13.4. The summed E-state index contributed by atoms with van der Waals surface area (Å²) < 4.78 is 56.9. The van der Waals surface area contributed by atoms with Gasteiger partial charge in [-0.05, 0) is 61.1 Å². The molecule has 3 aromatic rings. The van der Waals surface area contributed by atoms with Crippen LogP contribution in [0.1, 0.15) is 53.1 Å². The molecule has 1 fully saturated rings. The van der Waals surface area contributed by atoms with Gasteiger partial charge in [0.1, 0.15) is 17.3 Å². The van der Waals surface area contributed by atoms with Crippen molar-refractivity contribution in [2.45, 2.75) is 38.5 Å². The number of alkyl halides is 3. The second-order valence-electron chi connectivity index (χ2n) is 10.6. The molecule has 1 saturated carbocycles. The van der Waals surface area contributed by atoms with Crippen molar-refractivity contribution in [1.82, 2.24) is 20.4 Å². The first kappa shape index (κ1) is 28.6. The van der Waals surface area contributed by atoms with Gasteiger partial charge in [-0.2, -0.15) is 18.3 Å². The largest absolute Gasteiger partial charge is 0.508 e. The lowest BCUT2D eigenvalue weighted by molar-refractivity contribution is -0.141. The lowest BCUT2D eigenvalue weighted by Gasteiger charge is -2.33. The molecule has 0 saturated heterocycles. The Bertz CT molecular complexity index is 1490. The summed E-state index contributed by atoms with van der Waals surface area (Å²) in [5, 5.41) is 20.2. The molecule has 0 aliphatic heterocycles. The molecule has 0 bridgehead atoms. The maximum absolute atomic E-state index is 15.2. The molecule has 5 rings (SSSR count). The zero-order valence-corrected chi connectivity index (χ0v) is 22.3. The molecule has 1 aromatic heterocycles. The van der Waals surface area contributed by atoms with Gasteiger partial charge >= 0.3 is 6.18 Å². The second-order valence-corrected chi connectivity index (χ2v) is 10.6. The van der Waals surface area contributed by atoms with E-state index in [1.165, 1.54) is 18.2 Å². The number of halogens is 4. The Labute approximate surface area is 234 Å². The molecule has 3 unspecified atom stereocenters. The minimum atomic E-state index is -4.81. The van der Waals surface area contributed by atoms with Crippen molar-refractivity contribution in [3.63, 3.8) is 0 Å². The molecule has 7 nitrogen and oxygen atoms in total. The number of para-hydroxylation sites is 1. The summed E-state index contributed by atoms with van der Waals surface area (Å²) in [6, 6.07) is 13.5. The van der Waals surface area contributed by atoms with Gasteiger partial charge in [-0.15, -0.1) is 0 Å². The highest BCUT2D eigenvalue weighted by Crippen LogP contribution is 2.40. The average molecular weight is 570 g/mol. The Morgan fingerprint density at radius 1 is 1.15 bits per heavy atom. The molecular weight excluding hydrogens is 538 g/mol. The predicted molar refractivity (Wildman–Crippen MR) is 145 cm³/mol. The Balaban J connectivity index is 1.48. The van der Waals surface area contributed by atoms with E-state index in [0.29, 0.717) is 29.7 Å². The van der Waals surface area contributed by atoms with E-state index in [2.05, 4.69) is 15.7 Å². The number of carbonyl (C=O) groups excluding carboxylic acids is 1. The minimum absolute atomic E-state index is 0.0882. The topological polar surface area (TPSA) is 105 Å². The number of hydrogen-bond donors (Lipinski definition) is 4. The van der Waals surface area contributed by atoms with Crippen LogP contribution in [0.3, 0.4) is 0 Å². The Morgan fingerprint density at radius 2 is 1.90 bits per heavy atom. The number of nitrogens with zero attached hydrogens (tertiary/aromatic N) is 2. The van der Waals surface area contributed by atoms with E-state index in [4.69, 9.17) is 5.73 Å². The maximum atomic E-state index is 15.2. The molecular formula is C30H31F4N5O2. The lowest BCUT2D eigenvalue weighted by atomic mass is 9.79. The van der Waals surface area contributed by atoms with Crippen LogP contribution < -0.4 is 16.4 Å². The zero-order chi connectivity index (χ0) is 29.3. The number of benzene rings is 2. The summed E-state index contributed by atoms with van der Waals surface area (Å²) in [6.45, 7) is 2.68. The van der Waals surface area contributed by atoms with E-state index in [-0.39, 0.29) is 35.5 Å². The number of aromatic hydroxyl groups is 1. The van der Waals surface area contributed by atoms with Crippen molar-refractivity contribution < 1.29 is 27.5 Å². The first-order chi connectivity index (χ1) is 19.5. The Kier molecular flexibility index (Phi) is 8.01. The third kappa shape index (κ3) is 6.36. The second kappa shape index (κ2) is 11.5. The summed E-state index contributed by atoms with van der Waals surface area (Å²) in [6.07, 6.45) is 0.340. The molecule has 1 amide bonds. The van der Waals surface area contributed by atoms with Crippen molar-refractivity contribution in [2.75, 3.05) is 6.54 Å². The fraction of sp³-hybridized carbons (Fsp3) is 0.333. The van der Waals surface area contributed by atoms with Crippen molar-refractivity contribution in [2.24, 2.45) is 23.5 Å². The SMILES string of the molecule is CC1C=C(F)C(NC(=O)c2cc(C(F)(F)F)nn2-c2cccc(CN)c2)=CC1C(NCC1CC1)c1ccccc1O. The number of aromatic nitrogens is 2. The van der Waals surface area contributed by atoms with Crippen LogP contribution in [0.15, 0.2) is 78.3 Å². The molecule has 2 aromatic carbocycles. The van der Waals surface area contributed by atoms with Crippen LogP contribution in [0.5, 0.6) is 5.75 Å². The van der Waals surface area contributed by atoms with Crippen molar-refractivity contribution >= 4 is 5.91 Å². The third-order valence-electron chi connectivity index (χ3n) is 7.48. The number of nitrogens with one attached hydrogen (secondary N) is 2. The van der Waals surface area contributed by atoms with Crippen LogP contribution in [0, 0.1) is 17.8 Å². The van der Waals surface area contributed by atoms with Gasteiger partial charge in [0.05, 0.1) is 11.4 Å². The standard InChI is InChI=1S/C30H31F4N5O2/c1-17-11-23(31)24(13-22(17)28(36-16-18-9-10-18)21-7-2-3-8-26(21)40)37-29(41)25-14-27(30(32,33)34)38-39(25)20-6-4-5-19(12-20)15-35/h2-8,11-14,17-18,22,28,36,40H,9-10,15-16,35H2,1H3,(H,37,41). The summed E-state index contributed by atoms with van der Waals surface area (Å²) in [7, 11) is 0. The molecule has 2 aliphatic rings. The molecule has 5 N–H and O–H groups in total.